The number of carbonyl (C=O) groups excluding carboxylic acids is 2. The van der Waals surface area contributed by atoms with Crippen LogP contribution >= 0.6 is 51.2 Å². The van der Waals surface area contributed by atoms with Gasteiger partial charge in [0.25, 0.3) is 11.8 Å². The molecular weight excluding hydrogens is 496 g/mol. The highest BCUT2D eigenvalue weighted by molar-refractivity contribution is 9.10. The van der Waals surface area contributed by atoms with Crippen LogP contribution in [0.15, 0.2) is 39.0 Å². The summed E-state index contributed by atoms with van der Waals surface area (Å²) in [5.41, 5.74) is 3.31. The van der Waals surface area contributed by atoms with Crippen molar-refractivity contribution in [2.45, 2.75) is 13.8 Å². The van der Waals surface area contributed by atoms with Gasteiger partial charge in [0.1, 0.15) is 0 Å². The summed E-state index contributed by atoms with van der Waals surface area (Å²) in [5, 5.41) is 2.89. The normalized spacial score (nSPS) is 15.1. The molecule has 1 aromatic carbocycles. The molecule has 2 aromatic rings. The number of rotatable bonds is 7. The summed E-state index contributed by atoms with van der Waals surface area (Å²) in [4.78, 5) is 25.9. The number of carbonyl (C=O) groups is 2. The van der Waals surface area contributed by atoms with E-state index in [1.54, 1.807) is 29.7 Å². The van der Waals surface area contributed by atoms with Crippen molar-refractivity contribution < 1.29 is 19.1 Å². The minimum atomic E-state index is -0.382. The molecule has 0 spiro atoms. The Balaban J connectivity index is 1.84. The van der Waals surface area contributed by atoms with Crippen LogP contribution in [0.3, 0.4) is 0 Å². The van der Waals surface area contributed by atoms with Crippen molar-refractivity contribution >= 4 is 73.5 Å². The van der Waals surface area contributed by atoms with E-state index in [1.807, 2.05) is 19.9 Å². The van der Waals surface area contributed by atoms with E-state index in [1.165, 1.54) is 11.3 Å². The van der Waals surface area contributed by atoms with Crippen LogP contribution in [0.4, 0.5) is 0 Å². The Morgan fingerprint density at radius 2 is 2.07 bits per heavy atom. The molecule has 152 valence electrons. The third-order valence-electron chi connectivity index (χ3n) is 3.67. The van der Waals surface area contributed by atoms with E-state index in [0.29, 0.717) is 34.5 Å². The topological polar surface area (TPSA) is 67.9 Å². The zero-order chi connectivity index (χ0) is 21.0. The number of benzene rings is 1. The summed E-state index contributed by atoms with van der Waals surface area (Å²) in [6, 6.07) is 7.09. The summed E-state index contributed by atoms with van der Waals surface area (Å²) < 4.78 is 12.3. The summed E-state index contributed by atoms with van der Waals surface area (Å²) >= 11 is 11.2. The van der Waals surface area contributed by atoms with E-state index in [-0.39, 0.29) is 16.1 Å². The predicted octanol–water partition coefficient (Wildman–Crippen LogP) is 4.85. The SMILES string of the molecule is CCOc1cc(/C=C2/SC(=S)N(NC(=O)c3cccs3)C2=O)cc(Br)c1OCC. The molecule has 0 atom stereocenters. The second-order valence-electron chi connectivity index (χ2n) is 5.63. The quantitative estimate of drug-likeness (QED) is 0.422. The maximum absolute atomic E-state index is 12.8. The zero-order valence-electron chi connectivity index (χ0n) is 15.6. The van der Waals surface area contributed by atoms with Crippen LogP contribution in [0.25, 0.3) is 6.08 Å². The third-order valence-corrected chi connectivity index (χ3v) is 6.43. The average molecular weight is 513 g/mol. The molecule has 2 amide bonds. The Hall–Kier alpha value is -1.88. The van der Waals surface area contributed by atoms with Gasteiger partial charge in [-0.2, -0.15) is 5.01 Å². The summed E-state index contributed by atoms with van der Waals surface area (Å²) in [6.45, 7) is 4.76. The van der Waals surface area contributed by atoms with Gasteiger partial charge in [-0.05, 0) is 77.2 Å². The molecule has 0 saturated carbocycles. The number of halogens is 1. The van der Waals surface area contributed by atoms with Crippen LogP contribution < -0.4 is 14.9 Å². The van der Waals surface area contributed by atoms with Gasteiger partial charge >= 0.3 is 0 Å². The standard InChI is InChI=1S/C19H17BrN2O4S3/c1-3-25-13-9-11(8-12(20)16(13)26-4-2)10-15-18(24)22(19(27)29-15)21-17(23)14-6-5-7-28-14/h5-10H,3-4H2,1-2H3,(H,21,23)/b15-10+. The fourth-order valence-corrected chi connectivity index (χ4v) is 4.87. The minimum absolute atomic E-state index is 0.265. The first-order valence-electron chi connectivity index (χ1n) is 8.66. The smallest absolute Gasteiger partial charge is 0.285 e. The number of nitrogens with zero attached hydrogens (tertiary/aromatic N) is 1. The first kappa shape index (κ1) is 21.8. The molecule has 3 rings (SSSR count). The maximum Gasteiger partial charge on any atom is 0.285 e. The van der Waals surface area contributed by atoms with E-state index < -0.39 is 0 Å². The lowest BCUT2D eigenvalue weighted by atomic mass is 10.2. The molecule has 1 aliphatic rings. The number of nitrogens with one attached hydrogen (secondary N) is 1. The molecule has 1 N–H and O–H groups in total. The largest absolute Gasteiger partial charge is 0.490 e. The fraction of sp³-hybridized carbons (Fsp3) is 0.211. The summed E-state index contributed by atoms with van der Waals surface area (Å²) in [6.07, 6.45) is 1.71. The van der Waals surface area contributed by atoms with Crippen molar-refractivity contribution in [3.05, 3.63) is 49.5 Å². The molecule has 0 radical (unpaired) electrons. The molecule has 0 bridgehead atoms. The van der Waals surface area contributed by atoms with Crippen LogP contribution in [0.2, 0.25) is 0 Å². The monoisotopic (exact) mass is 512 g/mol. The van der Waals surface area contributed by atoms with Gasteiger partial charge in [-0.15, -0.1) is 11.3 Å². The van der Waals surface area contributed by atoms with E-state index in [9.17, 15) is 9.59 Å². The van der Waals surface area contributed by atoms with Crippen molar-refractivity contribution in [2.24, 2.45) is 0 Å². The number of thiophene rings is 1. The third kappa shape index (κ3) is 5.00. The van der Waals surface area contributed by atoms with Crippen LogP contribution in [0.5, 0.6) is 11.5 Å². The predicted molar refractivity (Wildman–Crippen MR) is 123 cm³/mol. The van der Waals surface area contributed by atoms with Gasteiger partial charge in [-0.3, -0.25) is 15.0 Å². The van der Waals surface area contributed by atoms with Gasteiger partial charge < -0.3 is 9.47 Å². The number of ether oxygens (including phenoxy) is 2. The Morgan fingerprint density at radius 3 is 2.72 bits per heavy atom. The van der Waals surface area contributed by atoms with E-state index in [4.69, 9.17) is 21.7 Å². The Kier molecular flexibility index (Phi) is 7.33. The molecule has 6 nitrogen and oxygen atoms in total. The van der Waals surface area contributed by atoms with Gasteiger partial charge in [0.2, 0.25) is 0 Å². The molecule has 10 heteroatoms. The van der Waals surface area contributed by atoms with Gasteiger partial charge in [-0.25, -0.2) is 0 Å². The first-order valence-corrected chi connectivity index (χ1v) is 11.6. The fourth-order valence-electron chi connectivity index (χ4n) is 2.50. The van der Waals surface area contributed by atoms with Crippen LogP contribution in [0.1, 0.15) is 29.1 Å². The van der Waals surface area contributed by atoms with E-state index in [2.05, 4.69) is 21.4 Å². The molecule has 29 heavy (non-hydrogen) atoms. The van der Waals surface area contributed by atoms with Crippen LogP contribution in [-0.2, 0) is 4.79 Å². The Labute approximate surface area is 190 Å². The first-order chi connectivity index (χ1) is 13.9. The number of hydrazine groups is 1. The molecule has 1 aromatic heterocycles. The molecule has 1 fully saturated rings. The highest BCUT2D eigenvalue weighted by Gasteiger charge is 2.34. The second kappa shape index (κ2) is 9.75. The van der Waals surface area contributed by atoms with Gasteiger partial charge in [0.05, 0.1) is 27.5 Å². The van der Waals surface area contributed by atoms with Crippen molar-refractivity contribution in [3.63, 3.8) is 0 Å². The number of hydrogen-bond acceptors (Lipinski definition) is 7. The lowest BCUT2D eigenvalue weighted by molar-refractivity contribution is -0.123. The van der Waals surface area contributed by atoms with E-state index in [0.717, 1.165) is 26.8 Å². The van der Waals surface area contributed by atoms with Crippen molar-refractivity contribution in [3.8, 4) is 11.5 Å². The van der Waals surface area contributed by atoms with Crippen molar-refractivity contribution in [2.75, 3.05) is 13.2 Å². The molecular formula is C19H17BrN2O4S3. The zero-order valence-corrected chi connectivity index (χ0v) is 19.6. The maximum atomic E-state index is 12.8. The van der Waals surface area contributed by atoms with Gasteiger partial charge in [0, 0.05) is 0 Å². The Bertz CT molecular complexity index is 976. The molecule has 2 heterocycles. The molecule has 0 aliphatic carbocycles. The highest BCUT2D eigenvalue weighted by Crippen LogP contribution is 2.39. The van der Waals surface area contributed by atoms with Crippen LogP contribution in [0, 0.1) is 0 Å². The highest BCUT2D eigenvalue weighted by atomic mass is 79.9. The van der Waals surface area contributed by atoms with Crippen molar-refractivity contribution in [1.29, 1.82) is 0 Å². The molecule has 1 aliphatic heterocycles. The lowest BCUT2D eigenvalue weighted by Crippen LogP contribution is -2.44. The summed E-state index contributed by atoms with van der Waals surface area (Å²) in [7, 11) is 0. The lowest BCUT2D eigenvalue weighted by Gasteiger charge is -2.15. The van der Waals surface area contributed by atoms with E-state index >= 15 is 0 Å². The number of hydrogen-bond donors (Lipinski definition) is 1. The number of thioether (sulfide) groups is 1. The van der Waals surface area contributed by atoms with Gasteiger partial charge in [-0.1, -0.05) is 17.8 Å². The number of amides is 2. The molecule has 1 saturated heterocycles. The van der Waals surface area contributed by atoms with Gasteiger partial charge in [0.15, 0.2) is 15.8 Å². The van der Waals surface area contributed by atoms with Crippen molar-refractivity contribution in [1.82, 2.24) is 10.4 Å². The minimum Gasteiger partial charge on any atom is -0.490 e. The summed E-state index contributed by atoms with van der Waals surface area (Å²) in [5.74, 6) is 0.437. The Morgan fingerprint density at radius 1 is 1.31 bits per heavy atom. The average Bonchev–Trinajstić information content (AvgIpc) is 3.30. The van der Waals surface area contributed by atoms with Crippen LogP contribution in [-0.4, -0.2) is 34.4 Å². The number of thiocarbonyl (C=S) groups is 1. The molecule has 0 unspecified atom stereocenters. The second-order valence-corrected chi connectivity index (χ2v) is 9.11.